The summed E-state index contributed by atoms with van der Waals surface area (Å²) in [4.78, 5) is 24.8. The predicted molar refractivity (Wildman–Crippen MR) is 115 cm³/mol. The Bertz CT molecular complexity index is 911. The number of rotatable bonds is 6. The van der Waals surface area contributed by atoms with Crippen LogP contribution in [0.15, 0.2) is 23.1 Å². The molecule has 1 saturated carbocycles. The summed E-state index contributed by atoms with van der Waals surface area (Å²) in [6.45, 7) is 6.83. The summed E-state index contributed by atoms with van der Waals surface area (Å²) in [6.07, 6.45) is 3.15. The van der Waals surface area contributed by atoms with E-state index in [1.807, 2.05) is 0 Å². The van der Waals surface area contributed by atoms with E-state index in [2.05, 4.69) is 19.2 Å². The van der Waals surface area contributed by atoms with E-state index in [-0.39, 0.29) is 35.5 Å². The zero-order valence-corrected chi connectivity index (χ0v) is 19.2. The maximum absolute atomic E-state index is 13.0. The Morgan fingerprint density at radius 2 is 1.90 bits per heavy atom. The molecular weight excluding hydrogens is 420 g/mol. The van der Waals surface area contributed by atoms with E-state index in [4.69, 9.17) is 9.47 Å². The third-order valence-electron chi connectivity index (χ3n) is 6.40. The Morgan fingerprint density at radius 3 is 2.61 bits per heavy atom. The Morgan fingerprint density at radius 1 is 1.19 bits per heavy atom. The van der Waals surface area contributed by atoms with Crippen LogP contribution in [-0.2, 0) is 24.3 Å². The molecule has 8 nitrogen and oxygen atoms in total. The first-order chi connectivity index (χ1) is 14.7. The number of esters is 1. The minimum Gasteiger partial charge on any atom is -0.452 e. The summed E-state index contributed by atoms with van der Waals surface area (Å²) < 4.78 is 37.7. The molecule has 3 atom stereocenters. The van der Waals surface area contributed by atoms with Crippen LogP contribution < -0.4 is 5.32 Å². The number of hydrogen-bond acceptors (Lipinski definition) is 6. The van der Waals surface area contributed by atoms with Gasteiger partial charge in [0.2, 0.25) is 10.0 Å². The summed E-state index contributed by atoms with van der Waals surface area (Å²) in [5, 5.41) is 2.96. The first-order valence-electron chi connectivity index (χ1n) is 10.8. The van der Waals surface area contributed by atoms with Crippen molar-refractivity contribution in [1.82, 2.24) is 9.62 Å². The van der Waals surface area contributed by atoms with Gasteiger partial charge in [-0.3, -0.25) is 4.79 Å². The van der Waals surface area contributed by atoms with Crippen LogP contribution in [0, 0.1) is 18.8 Å². The third-order valence-corrected chi connectivity index (χ3v) is 8.44. The van der Waals surface area contributed by atoms with Crippen molar-refractivity contribution in [2.45, 2.75) is 51.0 Å². The van der Waals surface area contributed by atoms with E-state index in [0.29, 0.717) is 30.6 Å². The molecule has 9 heteroatoms. The number of nitrogens with zero attached hydrogens (tertiary/aromatic N) is 1. The number of carbonyl (C=O) groups excluding carboxylic acids is 2. The molecule has 3 unspecified atom stereocenters. The second kappa shape index (κ2) is 10.1. The van der Waals surface area contributed by atoms with Crippen LogP contribution in [0.3, 0.4) is 0 Å². The van der Waals surface area contributed by atoms with Gasteiger partial charge in [-0.15, -0.1) is 0 Å². The van der Waals surface area contributed by atoms with Crippen LogP contribution in [0.5, 0.6) is 0 Å². The van der Waals surface area contributed by atoms with Crippen LogP contribution in [0.25, 0.3) is 0 Å². The van der Waals surface area contributed by atoms with Gasteiger partial charge in [-0.05, 0) is 42.9 Å². The number of ether oxygens (including phenoxy) is 2. The highest BCUT2D eigenvalue weighted by Gasteiger charge is 2.30. The highest BCUT2D eigenvalue weighted by atomic mass is 32.2. The molecule has 2 fully saturated rings. The number of sulfonamides is 1. The Kier molecular flexibility index (Phi) is 7.72. The van der Waals surface area contributed by atoms with E-state index >= 15 is 0 Å². The van der Waals surface area contributed by atoms with Crippen molar-refractivity contribution in [2.75, 3.05) is 32.9 Å². The van der Waals surface area contributed by atoms with E-state index in [1.165, 1.54) is 16.4 Å². The van der Waals surface area contributed by atoms with E-state index in [1.54, 1.807) is 13.0 Å². The van der Waals surface area contributed by atoms with Crippen LogP contribution in [-0.4, -0.2) is 63.6 Å². The molecule has 1 amide bonds. The lowest BCUT2D eigenvalue weighted by Crippen LogP contribution is -2.45. The molecule has 0 radical (unpaired) electrons. The number of morpholine rings is 1. The molecule has 172 valence electrons. The predicted octanol–water partition coefficient (Wildman–Crippen LogP) is 2.11. The summed E-state index contributed by atoms with van der Waals surface area (Å²) in [5.74, 6) is -0.148. The molecule has 1 aromatic rings. The smallest absolute Gasteiger partial charge is 0.338 e. The minimum absolute atomic E-state index is 0.0679. The van der Waals surface area contributed by atoms with Crippen LogP contribution in [0.1, 0.15) is 49.0 Å². The molecule has 1 N–H and O–H groups in total. The van der Waals surface area contributed by atoms with Crippen molar-refractivity contribution in [3.63, 3.8) is 0 Å². The molecule has 2 aliphatic rings. The summed E-state index contributed by atoms with van der Waals surface area (Å²) >= 11 is 0. The molecule has 1 heterocycles. The molecule has 1 saturated heterocycles. The molecule has 0 bridgehead atoms. The average Bonchev–Trinajstić information content (AvgIpc) is 2.76. The van der Waals surface area contributed by atoms with Gasteiger partial charge in [-0.2, -0.15) is 4.31 Å². The van der Waals surface area contributed by atoms with Gasteiger partial charge in [0.15, 0.2) is 6.61 Å². The second-order valence-electron chi connectivity index (χ2n) is 8.51. The van der Waals surface area contributed by atoms with E-state index in [0.717, 1.165) is 19.3 Å². The van der Waals surface area contributed by atoms with Gasteiger partial charge in [0.1, 0.15) is 0 Å². The van der Waals surface area contributed by atoms with Crippen molar-refractivity contribution in [3.8, 4) is 0 Å². The minimum atomic E-state index is -3.74. The van der Waals surface area contributed by atoms with Gasteiger partial charge in [0, 0.05) is 19.1 Å². The number of hydrogen-bond donors (Lipinski definition) is 1. The van der Waals surface area contributed by atoms with Gasteiger partial charge >= 0.3 is 5.97 Å². The SMILES string of the molecule is Cc1ccc(C(=O)OCC(=O)NC2CCCC(C)C2C)cc1S(=O)(=O)N1CCOCC1. The van der Waals surface area contributed by atoms with E-state index in [9.17, 15) is 18.0 Å². The largest absolute Gasteiger partial charge is 0.452 e. The Balaban J connectivity index is 1.63. The lowest BCUT2D eigenvalue weighted by atomic mass is 9.78. The maximum atomic E-state index is 13.0. The number of amides is 1. The quantitative estimate of drug-likeness (QED) is 0.664. The highest BCUT2D eigenvalue weighted by molar-refractivity contribution is 7.89. The van der Waals surface area contributed by atoms with Gasteiger partial charge in [0.05, 0.1) is 23.7 Å². The molecule has 31 heavy (non-hydrogen) atoms. The molecule has 1 aliphatic heterocycles. The van der Waals surface area contributed by atoms with Crippen LogP contribution >= 0.6 is 0 Å². The van der Waals surface area contributed by atoms with Crippen molar-refractivity contribution in [2.24, 2.45) is 11.8 Å². The van der Waals surface area contributed by atoms with Crippen molar-refractivity contribution in [1.29, 1.82) is 0 Å². The molecule has 1 aliphatic carbocycles. The van der Waals surface area contributed by atoms with Crippen LogP contribution in [0.2, 0.25) is 0 Å². The fraction of sp³-hybridized carbons (Fsp3) is 0.636. The number of benzene rings is 1. The van der Waals surface area contributed by atoms with Gasteiger partial charge in [0.25, 0.3) is 5.91 Å². The third kappa shape index (κ3) is 5.64. The Hall–Kier alpha value is -1.97. The standard InChI is InChI=1S/C22H32N2O6S/c1-15-5-4-6-19(17(15)3)23-21(25)14-30-22(26)18-8-7-16(2)20(13-18)31(27,28)24-9-11-29-12-10-24/h7-8,13,15,17,19H,4-6,9-12,14H2,1-3H3,(H,23,25). The van der Waals surface area contributed by atoms with Gasteiger partial charge < -0.3 is 14.8 Å². The first-order valence-corrected chi connectivity index (χ1v) is 12.3. The van der Waals surface area contributed by atoms with Crippen LogP contribution in [0.4, 0.5) is 0 Å². The molecule has 1 aromatic carbocycles. The fourth-order valence-corrected chi connectivity index (χ4v) is 5.84. The summed E-state index contributed by atoms with van der Waals surface area (Å²) in [5.41, 5.74) is 0.645. The molecule has 3 rings (SSSR count). The molecule has 0 aromatic heterocycles. The second-order valence-corrected chi connectivity index (χ2v) is 10.4. The Labute approximate surface area is 184 Å². The molecular formula is C22H32N2O6S. The lowest BCUT2D eigenvalue weighted by molar-refractivity contribution is -0.125. The molecule has 0 spiro atoms. The fourth-order valence-electron chi connectivity index (χ4n) is 4.18. The van der Waals surface area contributed by atoms with Gasteiger partial charge in [-0.1, -0.05) is 32.8 Å². The van der Waals surface area contributed by atoms with Crippen molar-refractivity contribution < 1.29 is 27.5 Å². The summed E-state index contributed by atoms with van der Waals surface area (Å²) in [6, 6.07) is 4.50. The number of carbonyl (C=O) groups is 2. The van der Waals surface area contributed by atoms with E-state index < -0.39 is 22.6 Å². The van der Waals surface area contributed by atoms with Gasteiger partial charge in [-0.25, -0.2) is 13.2 Å². The lowest BCUT2D eigenvalue weighted by Gasteiger charge is -2.34. The topological polar surface area (TPSA) is 102 Å². The maximum Gasteiger partial charge on any atom is 0.338 e. The van der Waals surface area contributed by atoms with Crippen molar-refractivity contribution in [3.05, 3.63) is 29.3 Å². The average molecular weight is 453 g/mol. The zero-order chi connectivity index (χ0) is 22.6. The monoisotopic (exact) mass is 452 g/mol. The number of nitrogens with one attached hydrogen (secondary N) is 1. The first kappa shape index (κ1) is 23.7. The normalized spacial score (nSPS) is 25.1. The zero-order valence-electron chi connectivity index (χ0n) is 18.4. The van der Waals surface area contributed by atoms with Crippen molar-refractivity contribution >= 4 is 21.9 Å². The summed E-state index contributed by atoms with van der Waals surface area (Å²) in [7, 11) is -3.74. The number of aryl methyl sites for hydroxylation is 1. The highest BCUT2D eigenvalue weighted by Crippen LogP contribution is 2.29.